The lowest BCUT2D eigenvalue weighted by Crippen LogP contribution is -2.48. The molecule has 7 heteroatoms. The third kappa shape index (κ3) is 6.13. The number of rotatable bonds is 7. The van der Waals surface area contributed by atoms with E-state index < -0.39 is 6.04 Å². The molecule has 2 rings (SSSR count). The summed E-state index contributed by atoms with van der Waals surface area (Å²) in [6.45, 7) is 4.29. The fourth-order valence-electron chi connectivity index (χ4n) is 2.62. The van der Waals surface area contributed by atoms with Crippen LogP contribution in [0.25, 0.3) is 0 Å². The average Bonchev–Trinajstić information content (AvgIpc) is 2.64. The van der Waals surface area contributed by atoms with Gasteiger partial charge in [0, 0.05) is 18.1 Å². The zero-order chi connectivity index (χ0) is 20.0. The highest BCUT2D eigenvalue weighted by Gasteiger charge is 2.26. The molecule has 4 nitrogen and oxygen atoms in total. The molecule has 1 N–H and O–H groups in total. The summed E-state index contributed by atoms with van der Waals surface area (Å²) >= 11 is 18.0. The molecule has 0 aliphatic carbocycles. The molecule has 0 bridgehead atoms. The third-order valence-corrected chi connectivity index (χ3v) is 5.11. The Hall–Kier alpha value is -1.75. The van der Waals surface area contributed by atoms with Gasteiger partial charge in [-0.25, -0.2) is 0 Å². The second kappa shape index (κ2) is 9.98. The minimum absolute atomic E-state index is 0.165. The molecule has 0 saturated heterocycles. The number of hydrogen-bond donors (Lipinski definition) is 1. The van der Waals surface area contributed by atoms with E-state index in [-0.39, 0.29) is 24.8 Å². The molecule has 0 fully saturated rings. The molecule has 0 aliphatic heterocycles. The number of carbonyl (C=O) groups excluding carboxylic acids is 2. The van der Waals surface area contributed by atoms with Crippen molar-refractivity contribution in [1.29, 1.82) is 0 Å². The van der Waals surface area contributed by atoms with Gasteiger partial charge in [0.15, 0.2) is 0 Å². The summed E-state index contributed by atoms with van der Waals surface area (Å²) in [7, 11) is 0. The number of carbonyl (C=O) groups is 2. The maximum atomic E-state index is 13.0. The van der Waals surface area contributed by atoms with Gasteiger partial charge in [-0.2, -0.15) is 0 Å². The Morgan fingerprint density at radius 1 is 1.00 bits per heavy atom. The quantitative estimate of drug-likeness (QED) is 0.693. The van der Waals surface area contributed by atoms with Gasteiger partial charge in [-0.05, 0) is 49.2 Å². The lowest BCUT2D eigenvalue weighted by molar-refractivity contribution is -0.140. The van der Waals surface area contributed by atoms with Gasteiger partial charge >= 0.3 is 0 Å². The van der Waals surface area contributed by atoms with Crippen molar-refractivity contribution in [1.82, 2.24) is 10.2 Å². The van der Waals surface area contributed by atoms with E-state index in [1.807, 2.05) is 6.92 Å². The van der Waals surface area contributed by atoms with E-state index in [9.17, 15) is 9.59 Å². The van der Waals surface area contributed by atoms with E-state index in [1.165, 1.54) is 0 Å². The van der Waals surface area contributed by atoms with E-state index in [2.05, 4.69) is 5.32 Å². The largest absolute Gasteiger partial charge is 0.355 e. The summed E-state index contributed by atoms with van der Waals surface area (Å²) in [5, 5.41) is 4.22. The van der Waals surface area contributed by atoms with Crippen molar-refractivity contribution >= 4 is 46.6 Å². The van der Waals surface area contributed by atoms with Gasteiger partial charge in [-0.3, -0.25) is 9.59 Å². The third-order valence-electron chi connectivity index (χ3n) is 4.12. The smallest absolute Gasteiger partial charge is 0.242 e. The van der Waals surface area contributed by atoms with Gasteiger partial charge in [0.05, 0.1) is 16.5 Å². The first kappa shape index (κ1) is 21.5. The van der Waals surface area contributed by atoms with Crippen LogP contribution in [0.1, 0.15) is 25.0 Å². The standard InChI is InChI=1S/C20H21Cl3N2O2/c1-3-24-20(27)13(2)25(12-15-6-9-17(22)18(23)10-15)19(26)11-14-4-7-16(21)8-5-14/h4-10,13H,3,11-12H2,1-2H3,(H,24,27). The number of halogens is 3. The average molecular weight is 428 g/mol. The Kier molecular flexibility index (Phi) is 7.96. The molecule has 2 aromatic rings. The fourth-order valence-corrected chi connectivity index (χ4v) is 3.06. The van der Waals surface area contributed by atoms with Crippen molar-refractivity contribution in [3.05, 3.63) is 68.7 Å². The van der Waals surface area contributed by atoms with Crippen molar-refractivity contribution in [2.24, 2.45) is 0 Å². The predicted molar refractivity (Wildman–Crippen MR) is 110 cm³/mol. The van der Waals surface area contributed by atoms with Crippen LogP contribution < -0.4 is 5.32 Å². The summed E-state index contributed by atoms with van der Waals surface area (Å²) < 4.78 is 0. The maximum Gasteiger partial charge on any atom is 0.242 e. The van der Waals surface area contributed by atoms with E-state index in [0.717, 1.165) is 11.1 Å². The highest BCUT2D eigenvalue weighted by Crippen LogP contribution is 2.24. The lowest BCUT2D eigenvalue weighted by Gasteiger charge is -2.29. The van der Waals surface area contributed by atoms with E-state index in [4.69, 9.17) is 34.8 Å². The molecular weight excluding hydrogens is 407 g/mol. The second-order valence-corrected chi connectivity index (χ2v) is 7.39. The Morgan fingerprint density at radius 2 is 1.63 bits per heavy atom. The Balaban J connectivity index is 2.24. The van der Waals surface area contributed by atoms with Gasteiger partial charge in [0.2, 0.25) is 11.8 Å². The highest BCUT2D eigenvalue weighted by molar-refractivity contribution is 6.42. The van der Waals surface area contributed by atoms with Crippen molar-refractivity contribution in [2.45, 2.75) is 32.9 Å². The summed E-state index contributed by atoms with van der Waals surface area (Å²) in [6, 6.07) is 11.6. The van der Waals surface area contributed by atoms with E-state index >= 15 is 0 Å². The number of hydrogen-bond acceptors (Lipinski definition) is 2. The molecule has 27 heavy (non-hydrogen) atoms. The summed E-state index contributed by atoms with van der Waals surface area (Å²) in [6.07, 6.45) is 0.169. The van der Waals surface area contributed by atoms with E-state index in [1.54, 1.807) is 54.3 Å². The van der Waals surface area contributed by atoms with Gasteiger partial charge in [-0.1, -0.05) is 53.0 Å². The summed E-state index contributed by atoms with van der Waals surface area (Å²) in [5.74, 6) is -0.371. The fraction of sp³-hybridized carbons (Fsp3) is 0.300. The molecule has 0 saturated carbocycles. The first-order valence-electron chi connectivity index (χ1n) is 8.57. The number of nitrogens with one attached hydrogen (secondary N) is 1. The van der Waals surface area contributed by atoms with Crippen LogP contribution in [0.3, 0.4) is 0 Å². The Bertz CT molecular complexity index is 809. The van der Waals surface area contributed by atoms with Crippen LogP contribution in [0.15, 0.2) is 42.5 Å². The lowest BCUT2D eigenvalue weighted by atomic mass is 10.1. The van der Waals surface area contributed by atoms with Crippen LogP contribution in [0.2, 0.25) is 15.1 Å². The van der Waals surface area contributed by atoms with Crippen LogP contribution in [0.5, 0.6) is 0 Å². The molecule has 0 radical (unpaired) electrons. The molecule has 2 amide bonds. The predicted octanol–water partition coefficient (Wildman–Crippen LogP) is 4.74. The molecular formula is C20H21Cl3N2O2. The van der Waals surface area contributed by atoms with Crippen LogP contribution in [-0.4, -0.2) is 29.3 Å². The number of nitrogens with zero attached hydrogens (tertiary/aromatic N) is 1. The van der Waals surface area contributed by atoms with Crippen molar-refractivity contribution in [2.75, 3.05) is 6.54 Å². The first-order valence-corrected chi connectivity index (χ1v) is 9.70. The minimum Gasteiger partial charge on any atom is -0.355 e. The van der Waals surface area contributed by atoms with Crippen LogP contribution in [0.4, 0.5) is 0 Å². The van der Waals surface area contributed by atoms with Gasteiger partial charge in [0.25, 0.3) is 0 Å². The molecule has 0 heterocycles. The highest BCUT2D eigenvalue weighted by atomic mass is 35.5. The molecule has 144 valence electrons. The monoisotopic (exact) mass is 426 g/mol. The van der Waals surface area contributed by atoms with Crippen LogP contribution in [0, 0.1) is 0 Å². The first-order chi connectivity index (χ1) is 12.8. The number of likely N-dealkylation sites (N-methyl/N-ethyl adjacent to an activating group) is 1. The Labute approximate surface area is 174 Å². The molecule has 1 atom stereocenters. The number of benzene rings is 2. The maximum absolute atomic E-state index is 13.0. The molecule has 0 aromatic heterocycles. The normalized spacial score (nSPS) is 11.7. The van der Waals surface area contributed by atoms with E-state index in [0.29, 0.717) is 21.6 Å². The second-order valence-electron chi connectivity index (χ2n) is 6.14. The summed E-state index contributed by atoms with van der Waals surface area (Å²) in [5.41, 5.74) is 1.62. The van der Waals surface area contributed by atoms with Crippen molar-refractivity contribution in [3.8, 4) is 0 Å². The zero-order valence-corrected chi connectivity index (χ0v) is 17.4. The topological polar surface area (TPSA) is 49.4 Å². The molecule has 0 spiro atoms. The van der Waals surface area contributed by atoms with Crippen LogP contribution >= 0.6 is 34.8 Å². The minimum atomic E-state index is -0.626. The zero-order valence-electron chi connectivity index (χ0n) is 15.1. The Morgan fingerprint density at radius 3 is 2.22 bits per heavy atom. The van der Waals surface area contributed by atoms with Crippen molar-refractivity contribution in [3.63, 3.8) is 0 Å². The number of amides is 2. The van der Waals surface area contributed by atoms with Gasteiger partial charge < -0.3 is 10.2 Å². The molecule has 1 unspecified atom stereocenters. The molecule has 0 aliphatic rings. The van der Waals surface area contributed by atoms with Crippen molar-refractivity contribution < 1.29 is 9.59 Å². The van der Waals surface area contributed by atoms with Gasteiger partial charge in [0.1, 0.15) is 6.04 Å². The van der Waals surface area contributed by atoms with Gasteiger partial charge in [-0.15, -0.1) is 0 Å². The summed E-state index contributed by atoms with van der Waals surface area (Å²) in [4.78, 5) is 26.8. The van der Waals surface area contributed by atoms with Crippen LogP contribution in [-0.2, 0) is 22.6 Å². The molecule has 2 aromatic carbocycles. The SMILES string of the molecule is CCNC(=O)C(C)N(Cc1ccc(Cl)c(Cl)c1)C(=O)Cc1ccc(Cl)cc1.